The third kappa shape index (κ3) is 3.48. The summed E-state index contributed by atoms with van der Waals surface area (Å²) in [5, 5.41) is 0. The summed E-state index contributed by atoms with van der Waals surface area (Å²) in [5.74, 6) is 1.04. The Hall–Kier alpha value is -1.85. The molecule has 0 unspecified atom stereocenters. The summed E-state index contributed by atoms with van der Waals surface area (Å²) in [5.41, 5.74) is 2.87. The molecule has 22 heavy (non-hydrogen) atoms. The van der Waals surface area contributed by atoms with Gasteiger partial charge in [0, 0.05) is 6.54 Å². The number of para-hydroxylation sites is 1. The minimum atomic E-state index is -3.58. The molecule has 0 saturated carbocycles. The fraction of sp³-hybridized carbons (Fsp3) is 0.294. The van der Waals surface area contributed by atoms with E-state index in [-0.39, 0.29) is 4.90 Å². The minimum absolute atomic E-state index is 0.155. The molecule has 0 atom stereocenters. The van der Waals surface area contributed by atoms with E-state index in [1.807, 2.05) is 39.0 Å². The molecule has 0 spiro atoms. The van der Waals surface area contributed by atoms with Crippen LogP contribution in [0, 0.1) is 20.8 Å². The van der Waals surface area contributed by atoms with Crippen LogP contribution >= 0.6 is 0 Å². The van der Waals surface area contributed by atoms with Crippen molar-refractivity contribution in [1.82, 2.24) is 4.72 Å². The van der Waals surface area contributed by atoms with Gasteiger partial charge in [-0.3, -0.25) is 0 Å². The zero-order chi connectivity index (χ0) is 16.3. The van der Waals surface area contributed by atoms with E-state index in [2.05, 4.69) is 4.72 Å². The van der Waals surface area contributed by atoms with Crippen molar-refractivity contribution in [3.8, 4) is 11.5 Å². The van der Waals surface area contributed by atoms with Crippen molar-refractivity contribution in [1.29, 1.82) is 0 Å². The van der Waals surface area contributed by atoms with Crippen LogP contribution in [0.25, 0.3) is 0 Å². The van der Waals surface area contributed by atoms with Crippen LogP contribution in [0.2, 0.25) is 0 Å². The van der Waals surface area contributed by atoms with Crippen LogP contribution in [-0.4, -0.2) is 15.0 Å². The lowest BCUT2D eigenvalue weighted by Gasteiger charge is -2.15. The molecule has 2 aromatic carbocycles. The molecule has 5 heteroatoms. The number of aryl methyl sites for hydroxylation is 3. The second-order valence-electron chi connectivity index (χ2n) is 5.27. The van der Waals surface area contributed by atoms with Crippen molar-refractivity contribution < 1.29 is 13.2 Å². The first kappa shape index (κ1) is 16.5. The molecule has 0 aliphatic carbocycles. The van der Waals surface area contributed by atoms with Gasteiger partial charge in [0.1, 0.15) is 16.4 Å². The van der Waals surface area contributed by atoms with Gasteiger partial charge in [-0.05, 0) is 49.6 Å². The number of ether oxygens (including phenoxy) is 1. The SMILES string of the molecule is CCNS(=O)(=O)c1ccc(C)cc1Oc1c(C)cccc1C. The molecular weight excluding hydrogens is 298 g/mol. The summed E-state index contributed by atoms with van der Waals surface area (Å²) in [4.78, 5) is 0.155. The van der Waals surface area contributed by atoms with E-state index in [1.54, 1.807) is 25.1 Å². The molecule has 0 amide bonds. The van der Waals surface area contributed by atoms with Crippen LogP contribution in [-0.2, 0) is 10.0 Å². The highest BCUT2D eigenvalue weighted by Crippen LogP contribution is 2.33. The van der Waals surface area contributed by atoms with E-state index in [0.717, 1.165) is 16.7 Å². The van der Waals surface area contributed by atoms with E-state index < -0.39 is 10.0 Å². The van der Waals surface area contributed by atoms with Crippen LogP contribution in [0.4, 0.5) is 0 Å². The lowest BCUT2D eigenvalue weighted by atomic mass is 10.1. The zero-order valence-electron chi connectivity index (χ0n) is 13.3. The van der Waals surface area contributed by atoms with Gasteiger partial charge in [0.2, 0.25) is 10.0 Å². The largest absolute Gasteiger partial charge is 0.455 e. The third-order valence-electron chi connectivity index (χ3n) is 3.34. The molecule has 0 radical (unpaired) electrons. The van der Waals surface area contributed by atoms with Crippen molar-refractivity contribution >= 4 is 10.0 Å². The Morgan fingerprint density at radius 1 is 1.05 bits per heavy atom. The molecule has 0 aliphatic heterocycles. The molecular formula is C17H21NO3S. The second-order valence-corrected chi connectivity index (χ2v) is 7.01. The molecule has 1 N–H and O–H groups in total. The van der Waals surface area contributed by atoms with E-state index in [0.29, 0.717) is 18.0 Å². The number of benzene rings is 2. The molecule has 0 fully saturated rings. The molecule has 0 saturated heterocycles. The van der Waals surface area contributed by atoms with Crippen molar-refractivity contribution in [2.75, 3.05) is 6.54 Å². The number of hydrogen-bond donors (Lipinski definition) is 1. The van der Waals surface area contributed by atoms with Crippen LogP contribution in [0.5, 0.6) is 11.5 Å². The molecule has 0 aliphatic rings. The Bertz CT molecular complexity index is 762. The quantitative estimate of drug-likeness (QED) is 0.914. The maximum atomic E-state index is 12.3. The van der Waals surface area contributed by atoms with Gasteiger partial charge in [0.15, 0.2) is 0 Å². The molecule has 2 rings (SSSR count). The van der Waals surface area contributed by atoms with Gasteiger partial charge in [-0.15, -0.1) is 0 Å². The highest BCUT2D eigenvalue weighted by molar-refractivity contribution is 7.89. The Morgan fingerprint density at radius 2 is 1.68 bits per heavy atom. The highest BCUT2D eigenvalue weighted by atomic mass is 32.2. The molecule has 2 aromatic rings. The minimum Gasteiger partial charge on any atom is -0.455 e. The Labute approximate surface area is 132 Å². The molecule has 0 bridgehead atoms. The van der Waals surface area contributed by atoms with Crippen LogP contribution in [0.15, 0.2) is 41.3 Å². The Balaban J connectivity index is 2.54. The first-order valence-corrected chi connectivity index (χ1v) is 8.68. The predicted molar refractivity (Wildman–Crippen MR) is 88.0 cm³/mol. The fourth-order valence-corrected chi connectivity index (χ4v) is 3.40. The summed E-state index contributed by atoms with van der Waals surface area (Å²) in [6.45, 7) is 7.87. The van der Waals surface area contributed by atoms with Crippen LogP contribution in [0.1, 0.15) is 23.6 Å². The van der Waals surface area contributed by atoms with Crippen molar-refractivity contribution in [3.05, 3.63) is 53.1 Å². The second kappa shape index (κ2) is 6.50. The van der Waals surface area contributed by atoms with Gasteiger partial charge in [-0.25, -0.2) is 13.1 Å². The van der Waals surface area contributed by atoms with Gasteiger partial charge in [0.05, 0.1) is 0 Å². The Kier molecular flexibility index (Phi) is 4.88. The van der Waals surface area contributed by atoms with Gasteiger partial charge in [-0.2, -0.15) is 0 Å². The number of hydrogen-bond acceptors (Lipinski definition) is 3. The molecule has 0 heterocycles. The maximum absolute atomic E-state index is 12.3. The molecule has 4 nitrogen and oxygen atoms in total. The first-order valence-electron chi connectivity index (χ1n) is 7.19. The molecule has 118 valence electrons. The van der Waals surface area contributed by atoms with Crippen LogP contribution in [0.3, 0.4) is 0 Å². The normalized spacial score (nSPS) is 11.5. The third-order valence-corrected chi connectivity index (χ3v) is 4.93. The van der Waals surface area contributed by atoms with Crippen LogP contribution < -0.4 is 9.46 Å². The van der Waals surface area contributed by atoms with Crippen molar-refractivity contribution in [2.24, 2.45) is 0 Å². The van der Waals surface area contributed by atoms with Crippen molar-refractivity contribution in [2.45, 2.75) is 32.6 Å². The zero-order valence-corrected chi connectivity index (χ0v) is 14.1. The van der Waals surface area contributed by atoms with Gasteiger partial charge < -0.3 is 4.74 Å². The summed E-state index contributed by atoms with van der Waals surface area (Å²) in [6.07, 6.45) is 0. The van der Waals surface area contributed by atoms with Gasteiger partial charge in [-0.1, -0.05) is 31.2 Å². The monoisotopic (exact) mass is 319 g/mol. The smallest absolute Gasteiger partial charge is 0.244 e. The topological polar surface area (TPSA) is 55.4 Å². The van der Waals surface area contributed by atoms with E-state index in [4.69, 9.17) is 4.74 Å². The lowest BCUT2D eigenvalue weighted by Crippen LogP contribution is -2.23. The average Bonchev–Trinajstić information content (AvgIpc) is 2.43. The highest BCUT2D eigenvalue weighted by Gasteiger charge is 2.20. The average molecular weight is 319 g/mol. The number of nitrogens with one attached hydrogen (secondary N) is 1. The summed E-state index contributed by atoms with van der Waals surface area (Å²) >= 11 is 0. The predicted octanol–water partition coefficient (Wildman–Crippen LogP) is 3.70. The summed E-state index contributed by atoms with van der Waals surface area (Å²) in [6, 6.07) is 10.9. The number of sulfonamides is 1. The summed E-state index contributed by atoms with van der Waals surface area (Å²) in [7, 11) is -3.58. The standard InChI is InChI=1S/C17H21NO3S/c1-5-18-22(19,20)16-10-9-12(2)11-15(16)21-17-13(3)7-6-8-14(17)4/h6-11,18H,5H2,1-4H3. The van der Waals surface area contributed by atoms with E-state index in [1.165, 1.54) is 0 Å². The summed E-state index contributed by atoms with van der Waals surface area (Å²) < 4.78 is 33.1. The number of rotatable bonds is 5. The lowest BCUT2D eigenvalue weighted by molar-refractivity contribution is 0.459. The van der Waals surface area contributed by atoms with E-state index in [9.17, 15) is 8.42 Å². The maximum Gasteiger partial charge on any atom is 0.244 e. The van der Waals surface area contributed by atoms with Gasteiger partial charge in [0.25, 0.3) is 0 Å². The molecule has 0 aromatic heterocycles. The van der Waals surface area contributed by atoms with Crippen molar-refractivity contribution in [3.63, 3.8) is 0 Å². The Morgan fingerprint density at radius 3 is 2.27 bits per heavy atom. The van der Waals surface area contributed by atoms with E-state index >= 15 is 0 Å². The first-order chi connectivity index (χ1) is 10.3. The fourth-order valence-electron chi connectivity index (χ4n) is 2.25. The van der Waals surface area contributed by atoms with Gasteiger partial charge >= 0.3 is 0 Å².